The van der Waals surface area contributed by atoms with Gasteiger partial charge < -0.3 is 15.0 Å². The highest BCUT2D eigenvalue weighted by atomic mass is 32.1. The number of aromatic nitrogens is 2. The van der Waals surface area contributed by atoms with E-state index in [0.717, 1.165) is 55.6 Å². The molecule has 2 amide bonds. The van der Waals surface area contributed by atoms with Gasteiger partial charge in [0.15, 0.2) is 5.69 Å². The Morgan fingerprint density at radius 3 is 2.66 bits per heavy atom. The zero-order chi connectivity index (χ0) is 20.2. The second-order valence-corrected chi connectivity index (χ2v) is 8.37. The van der Waals surface area contributed by atoms with Gasteiger partial charge in [-0.2, -0.15) is 0 Å². The third-order valence-corrected chi connectivity index (χ3v) is 6.15. The van der Waals surface area contributed by atoms with Gasteiger partial charge in [-0.3, -0.25) is 9.59 Å². The summed E-state index contributed by atoms with van der Waals surface area (Å²) in [7, 11) is 1.60. The van der Waals surface area contributed by atoms with E-state index in [9.17, 15) is 9.59 Å². The second-order valence-electron chi connectivity index (χ2n) is 7.76. The van der Waals surface area contributed by atoms with Gasteiger partial charge in [0, 0.05) is 17.5 Å². The number of amides is 2. The standard InChI is InChI=1S/C21H26N4O3S/c1-28-17-9-5-6-14(12-17)19(20(26)22-15-7-3-2-4-8-15)25(16-10-11-16)21(27)18-13-29-24-23-18/h5-6,9,12-13,15-16,19H,2-4,7-8,10-11H2,1H3,(H,22,26)/t19-/m0/s1. The van der Waals surface area contributed by atoms with Crippen molar-refractivity contribution in [3.63, 3.8) is 0 Å². The van der Waals surface area contributed by atoms with Gasteiger partial charge in [-0.1, -0.05) is 35.9 Å². The predicted molar refractivity (Wildman–Crippen MR) is 110 cm³/mol. The first-order chi connectivity index (χ1) is 14.2. The van der Waals surface area contributed by atoms with E-state index in [-0.39, 0.29) is 23.9 Å². The molecule has 4 rings (SSSR count). The smallest absolute Gasteiger partial charge is 0.276 e. The van der Waals surface area contributed by atoms with Crippen LogP contribution in [0.4, 0.5) is 0 Å². The average molecular weight is 415 g/mol. The van der Waals surface area contributed by atoms with Crippen molar-refractivity contribution in [1.29, 1.82) is 0 Å². The predicted octanol–water partition coefficient (Wildman–Crippen LogP) is 3.34. The zero-order valence-corrected chi connectivity index (χ0v) is 17.4. The molecule has 0 unspecified atom stereocenters. The SMILES string of the molecule is COc1cccc([C@@H](C(=O)NC2CCCCC2)N(C(=O)c2csnn2)C2CC2)c1. The Bertz CT molecular complexity index is 847. The van der Waals surface area contributed by atoms with Gasteiger partial charge >= 0.3 is 0 Å². The molecule has 2 aliphatic rings. The minimum atomic E-state index is -0.714. The molecule has 0 bridgehead atoms. The molecule has 1 atom stereocenters. The minimum Gasteiger partial charge on any atom is -0.497 e. The monoisotopic (exact) mass is 414 g/mol. The summed E-state index contributed by atoms with van der Waals surface area (Å²) in [5, 5.41) is 8.80. The van der Waals surface area contributed by atoms with E-state index in [1.165, 1.54) is 6.42 Å². The summed E-state index contributed by atoms with van der Waals surface area (Å²) < 4.78 is 9.19. The number of rotatable bonds is 7. The molecule has 1 aromatic carbocycles. The van der Waals surface area contributed by atoms with Crippen LogP contribution >= 0.6 is 11.5 Å². The van der Waals surface area contributed by atoms with Gasteiger partial charge in [0.25, 0.3) is 5.91 Å². The summed E-state index contributed by atoms with van der Waals surface area (Å²) in [6.07, 6.45) is 7.24. The van der Waals surface area contributed by atoms with E-state index in [0.29, 0.717) is 11.4 Å². The summed E-state index contributed by atoms with van der Waals surface area (Å²) in [5.41, 5.74) is 1.04. The van der Waals surface area contributed by atoms with E-state index in [4.69, 9.17) is 4.74 Å². The first kappa shape index (κ1) is 19.8. The number of hydrogen-bond donors (Lipinski definition) is 1. The average Bonchev–Trinajstić information content (AvgIpc) is 3.43. The Morgan fingerprint density at radius 2 is 2.00 bits per heavy atom. The van der Waals surface area contributed by atoms with Gasteiger partial charge in [0.2, 0.25) is 5.91 Å². The summed E-state index contributed by atoms with van der Waals surface area (Å²) in [4.78, 5) is 28.5. The van der Waals surface area contributed by atoms with Gasteiger partial charge in [-0.25, -0.2) is 0 Å². The van der Waals surface area contributed by atoms with E-state index < -0.39 is 6.04 Å². The molecule has 2 aromatic rings. The number of carbonyl (C=O) groups excluding carboxylic acids is 2. The zero-order valence-electron chi connectivity index (χ0n) is 16.5. The summed E-state index contributed by atoms with van der Waals surface area (Å²) in [6, 6.07) is 6.91. The van der Waals surface area contributed by atoms with Crippen molar-refractivity contribution in [2.45, 2.75) is 63.1 Å². The molecule has 29 heavy (non-hydrogen) atoms. The van der Waals surface area contributed by atoms with Crippen LogP contribution in [0.2, 0.25) is 0 Å². The van der Waals surface area contributed by atoms with Gasteiger partial charge in [0.05, 0.1) is 7.11 Å². The Balaban J connectivity index is 1.67. The van der Waals surface area contributed by atoms with Crippen LogP contribution < -0.4 is 10.1 Å². The highest BCUT2D eigenvalue weighted by Gasteiger charge is 2.42. The first-order valence-electron chi connectivity index (χ1n) is 10.2. The highest BCUT2D eigenvalue weighted by molar-refractivity contribution is 7.03. The van der Waals surface area contributed by atoms with Crippen molar-refractivity contribution in [3.05, 3.63) is 40.9 Å². The molecule has 8 heteroatoms. The van der Waals surface area contributed by atoms with Crippen LogP contribution in [0.1, 0.15) is 67.0 Å². The van der Waals surface area contributed by atoms with Crippen LogP contribution in [0.15, 0.2) is 29.6 Å². The Hall–Kier alpha value is -2.48. The molecule has 0 radical (unpaired) electrons. The number of carbonyl (C=O) groups is 2. The second kappa shape index (κ2) is 8.90. The van der Waals surface area contributed by atoms with Crippen molar-refractivity contribution in [1.82, 2.24) is 19.8 Å². The maximum Gasteiger partial charge on any atom is 0.276 e. The third-order valence-electron chi connectivity index (χ3n) is 5.64. The van der Waals surface area contributed by atoms with Gasteiger partial charge in [-0.15, -0.1) is 5.10 Å². The van der Waals surface area contributed by atoms with Crippen LogP contribution in [0, 0.1) is 0 Å². The summed E-state index contributed by atoms with van der Waals surface area (Å²) >= 11 is 1.14. The molecule has 154 valence electrons. The van der Waals surface area contributed by atoms with Crippen LogP contribution in [0.3, 0.4) is 0 Å². The van der Waals surface area contributed by atoms with Crippen LogP contribution in [0.25, 0.3) is 0 Å². The van der Waals surface area contributed by atoms with Crippen molar-refractivity contribution >= 4 is 23.3 Å². The topological polar surface area (TPSA) is 84.4 Å². The molecule has 0 spiro atoms. The van der Waals surface area contributed by atoms with E-state index in [2.05, 4.69) is 14.9 Å². The lowest BCUT2D eigenvalue weighted by molar-refractivity contribution is -0.127. The van der Waals surface area contributed by atoms with Crippen molar-refractivity contribution < 1.29 is 14.3 Å². The van der Waals surface area contributed by atoms with Gasteiger partial charge in [0.1, 0.15) is 11.8 Å². The Morgan fingerprint density at radius 1 is 1.21 bits per heavy atom. The number of nitrogens with zero attached hydrogens (tertiary/aromatic N) is 3. The van der Waals surface area contributed by atoms with Crippen molar-refractivity contribution in [2.24, 2.45) is 0 Å². The highest BCUT2D eigenvalue weighted by Crippen LogP contribution is 2.37. The molecule has 2 aliphatic carbocycles. The van der Waals surface area contributed by atoms with E-state index in [1.807, 2.05) is 24.3 Å². The molecule has 1 N–H and O–H groups in total. The minimum absolute atomic E-state index is 0.0394. The molecule has 7 nitrogen and oxygen atoms in total. The fraction of sp³-hybridized carbons (Fsp3) is 0.524. The fourth-order valence-corrected chi connectivity index (χ4v) is 4.44. The first-order valence-corrected chi connectivity index (χ1v) is 11.0. The number of ether oxygens (including phenoxy) is 1. The molecule has 0 saturated heterocycles. The normalized spacial score (nSPS) is 18.1. The number of hydrogen-bond acceptors (Lipinski definition) is 6. The lowest BCUT2D eigenvalue weighted by atomic mass is 9.94. The maximum absolute atomic E-state index is 13.5. The molecular formula is C21H26N4O3S. The Kier molecular flexibility index (Phi) is 6.08. The molecule has 0 aliphatic heterocycles. The van der Waals surface area contributed by atoms with Crippen LogP contribution in [-0.4, -0.2) is 45.5 Å². The number of benzene rings is 1. The van der Waals surface area contributed by atoms with Crippen molar-refractivity contribution in [2.75, 3.05) is 7.11 Å². The van der Waals surface area contributed by atoms with E-state index >= 15 is 0 Å². The molecule has 2 saturated carbocycles. The molecule has 2 fully saturated rings. The summed E-state index contributed by atoms with van der Waals surface area (Å²) in [5.74, 6) is 0.290. The van der Waals surface area contributed by atoms with Crippen LogP contribution in [-0.2, 0) is 4.79 Å². The molecular weight excluding hydrogens is 388 g/mol. The number of nitrogens with one attached hydrogen (secondary N) is 1. The van der Waals surface area contributed by atoms with Crippen molar-refractivity contribution in [3.8, 4) is 5.75 Å². The number of methoxy groups -OCH3 is 1. The molecule has 1 aromatic heterocycles. The lowest BCUT2D eigenvalue weighted by Crippen LogP contribution is -2.48. The molecule has 1 heterocycles. The lowest BCUT2D eigenvalue weighted by Gasteiger charge is -2.33. The fourth-order valence-electron chi connectivity index (χ4n) is 4.01. The van der Waals surface area contributed by atoms with Crippen LogP contribution in [0.5, 0.6) is 5.75 Å². The Labute approximate surface area is 174 Å². The maximum atomic E-state index is 13.5. The largest absolute Gasteiger partial charge is 0.497 e. The quantitative estimate of drug-likeness (QED) is 0.751. The summed E-state index contributed by atoms with van der Waals surface area (Å²) in [6.45, 7) is 0. The third kappa shape index (κ3) is 4.58. The van der Waals surface area contributed by atoms with Gasteiger partial charge in [-0.05, 0) is 54.9 Å². The van der Waals surface area contributed by atoms with E-state index in [1.54, 1.807) is 17.4 Å².